The minimum atomic E-state index is -4.01. The lowest BCUT2D eigenvalue weighted by Crippen LogP contribution is -2.49. The number of hydrogen-bond donors (Lipinski definition) is 1. The van der Waals surface area contributed by atoms with Gasteiger partial charge >= 0.3 is 0 Å². The van der Waals surface area contributed by atoms with E-state index in [0.29, 0.717) is 49.2 Å². The third-order valence-corrected chi connectivity index (χ3v) is 13.7. The Hall–Kier alpha value is -2.59. The maximum absolute atomic E-state index is 13.9. The van der Waals surface area contributed by atoms with Gasteiger partial charge in [-0.1, -0.05) is 36.7 Å². The molecule has 0 aromatic heterocycles. The number of carbonyl (C=O) groups is 1. The van der Waals surface area contributed by atoms with Crippen molar-refractivity contribution in [2.45, 2.75) is 87.6 Å². The molecule has 7 rings (SSSR count). The summed E-state index contributed by atoms with van der Waals surface area (Å²) in [6.45, 7) is 4.64. The summed E-state index contributed by atoms with van der Waals surface area (Å²) in [7, 11) is -2.24. The predicted molar refractivity (Wildman–Crippen MR) is 184 cm³/mol. The number of ether oxygens (including phenoxy) is 3. The summed E-state index contributed by atoms with van der Waals surface area (Å²) >= 11 is 6.44. The van der Waals surface area contributed by atoms with Crippen LogP contribution in [0.3, 0.4) is 0 Å². The van der Waals surface area contributed by atoms with Gasteiger partial charge in [-0.05, 0) is 117 Å². The zero-order valence-electron chi connectivity index (χ0n) is 27.5. The van der Waals surface area contributed by atoms with E-state index in [2.05, 4.69) is 33.9 Å². The van der Waals surface area contributed by atoms with Crippen LogP contribution in [0.5, 0.6) is 5.75 Å². The zero-order chi connectivity index (χ0) is 32.8. The van der Waals surface area contributed by atoms with Gasteiger partial charge in [0.25, 0.3) is 5.91 Å². The molecule has 2 aromatic rings. The summed E-state index contributed by atoms with van der Waals surface area (Å²) in [6.07, 6.45) is 11.9. The molecular formula is C37H47ClN2O6S. The average molecular weight is 683 g/mol. The summed E-state index contributed by atoms with van der Waals surface area (Å²) < 4.78 is 48.9. The van der Waals surface area contributed by atoms with E-state index in [0.717, 1.165) is 68.7 Å². The highest BCUT2D eigenvalue weighted by Gasteiger charge is 2.45. The second-order valence-electron chi connectivity index (χ2n) is 14.5. The van der Waals surface area contributed by atoms with Gasteiger partial charge in [0.1, 0.15) is 5.75 Å². The SMILES string of the molecule is CO[C@H]1/C=C\C[C@H](C)[C@H](C[C@H]2CCCO2)S(=O)(=O)NC(=O)c2ccc3c(c2)N(C[C@@H]2CC[C@H]21)C[C@@]1(CCCc2cc(Cl)ccc21)CO3. The number of nitrogens with zero attached hydrogens (tertiary/aromatic N) is 1. The molecule has 5 aliphatic rings. The van der Waals surface area contributed by atoms with E-state index in [1.165, 1.54) is 11.1 Å². The van der Waals surface area contributed by atoms with Crippen molar-refractivity contribution < 1.29 is 27.4 Å². The lowest BCUT2D eigenvalue weighted by molar-refractivity contribution is 0.0131. The summed E-state index contributed by atoms with van der Waals surface area (Å²) in [6, 6.07) is 11.6. The van der Waals surface area contributed by atoms with Crippen molar-refractivity contribution in [3.8, 4) is 5.75 Å². The van der Waals surface area contributed by atoms with Gasteiger partial charge in [0, 0.05) is 42.8 Å². The normalized spacial score (nSPS) is 34.3. The minimum Gasteiger partial charge on any atom is -0.490 e. The second kappa shape index (κ2) is 13.4. The van der Waals surface area contributed by atoms with Gasteiger partial charge in [0.05, 0.1) is 29.8 Å². The van der Waals surface area contributed by atoms with Gasteiger partial charge in [0.2, 0.25) is 10.0 Å². The Kier molecular flexibility index (Phi) is 9.37. The van der Waals surface area contributed by atoms with Crippen LogP contribution in [0.4, 0.5) is 5.69 Å². The highest BCUT2D eigenvalue weighted by molar-refractivity contribution is 7.90. The molecule has 2 aliphatic carbocycles. The number of fused-ring (bicyclic) bond motifs is 4. The van der Waals surface area contributed by atoms with Crippen molar-refractivity contribution in [3.63, 3.8) is 0 Å². The van der Waals surface area contributed by atoms with Crippen LogP contribution in [0.2, 0.25) is 5.02 Å². The first kappa shape index (κ1) is 32.9. The standard InChI is InChI=1S/C37H47ClN2O6S/c1-24-6-3-9-33(44-2)30-13-10-27(30)21-40-22-37(16-4-7-25-18-28(38)12-14-31(25)37)23-46-34-15-11-26(19-32(34)40)36(41)39-47(42,43)35(24)20-29-8-5-17-45-29/h3,9,11-12,14-15,18-19,24,27,29-30,33,35H,4-8,10,13,16-17,20-23H2,1-2H3,(H,39,41)/b9-3-/t24-,27-,29+,30+,33-,35-,37-/m0/s1. The Morgan fingerprint density at radius 3 is 2.77 bits per heavy atom. The maximum atomic E-state index is 13.9. The number of sulfonamides is 1. The van der Waals surface area contributed by atoms with Crippen molar-refractivity contribution in [1.82, 2.24) is 4.72 Å². The number of methoxy groups -OCH3 is 1. The van der Waals surface area contributed by atoms with E-state index in [1.54, 1.807) is 13.2 Å². The fraction of sp³-hybridized carbons (Fsp3) is 0.595. The smallest absolute Gasteiger partial charge is 0.264 e. The van der Waals surface area contributed by atoms with E-state index >= 15 is 0 Å². The van der Waals surface area contributed by atoms with Crippen LogP contribution in [0.25, 0.3) is 0 Å². The van der Waals surface area contributed by atoms with E-state index in [4.69, 9.17) is 25.8 Å². The molecule has 7 atom stereocenters. The Labute approximate surface area is 284 Å². The summed E-state index contributed by atoms with van der Waals surface area (Å²) in [5.74, 6) is 0.628. The first-order valence-electron chi connectivity index (χ1n) is 17.3. The molecule has 0 radical (unpaired) electrons. The number of benzene rings is 2. The number of hydrogen-bond acceptors (Lipinski definition) is 7. The summed E-state index contributed by atoms with van der Waals surface area (Å²) in [4.78, 5) is 16.2. The maximum Gasteiger partial charge on any atom is 0.264 e. The molecule has 3 aliphatic heterocycles. The Morgan fingerprint density at radius 1 is 1.13 bits per heavy atom. The fourth-order valence-electron chi connectivity index (χ4n) is 8.79. The molecule has 2 bridgehead atoms. The molecule has 10 heteroatoms. The van der Waals surface area contributed by atoms with Crippen molar-refractivity contribution in [2.75, 3.05) is 38.3 Å². The molecule has 1 amide bonds. The average Bonchev–Trinajstić information content (AvgIpc) is 3.51. The van der Waals surface area contributed by atoms with Crippen molar-refractivity contribution >= 4 is 33.2 Å². The third kappa shape index (κ3) is 6.57. The van der Waals surface area contributed by atoms with E-state index in [1.807, 2.05) is 25.1 Å². The minimum absolute atomic E-state index is 0.0534. The Bertz CT molecular complexity index is 1620. The van der Waals surface area contributed by atoms with Crippen LogP contribution in [-0.2, 0) is 31.3 Å². The molecule has 1 N–H and O–H groups in total. The molecular weight excluding hydrogens is 636 g/mol. The first-order chi connectivity index (χ1) is 22.7. The zero-order valence-corrected chi connectivity index (χ0v) is 29.0. The molecule has 2 aromatic carbocycles. The van der Waals surface area contributed by atoms with Crippen LogP contribution in [-0.4, -0.2) is 65.2 Å². The van der Waals surface area contributed by atoms with Gasteiger partial charge in [-0.3, -0.25) is 4.79 Å². The number of anilines is 1. The van der Waals surface area contributed by atoms with E-state index < -0.39 is 21.2 Å². The summed E-state index contributed by atoms with van der Waals surface area (Å²) in [5, 5.41) is -0.0254. The second-order valence-corrected chi connectivity index (χ2v) is 16.9. The molecule has 2 fully saturated rings. The lowest BCUT2D eigenvalue weighted by Gasteiger charge is -2.46. The molecule has 1 saturated carbocycles. The van der Waals surface area contributed by atoms with Crippen molar-refractivity contribution in [2.24, 2.45) is 17.8 Å². The van der Waals surface area contributed by atoms with Crippen LogP contribution in [0.1, 0.15) is 79.8 Å². The number of halogens is 1. The number of aryl methyl sites for hydroxylation is 1. The molecule has 1 spiro atoms. The lowest BCUT2D eigenvalue weighted by atomic mass is 9.68. The van der Waals surface area contributed by atoms with Gasteiger partial charge in [-0.25, -0.2) is 13.1 Å². The van der Waals surface area contributed by atoms with Crippen molar-refractivity contribution in [3.05, 3.63) is 70.3 Å². The highest BCUT2D eigenvalue weighted by Crippen LogP contribution is 2.47. The van der Waals surface area contributed by atoms with Crippen LogP contribution in [0.15, 0.2) is 48.6 Å². The molecule has 8 nitrogen and oxygen atoms in total. The number of amides is 1. The fourth-order valence-corrected chi connectivity index (χ4v) is 10.7. The monoisotopic (exact) mass is 682 g/mol. The summed E-state index contributed by atoms with van der Waals surface area (Å²) in [5.41, 5.74) is 3.46. The van der Waals surface area contributed by atoms with E-state index in [-0.39, 0.29) is 23.5 Å². The number of allylic oxidation sites excluding steroid dienone is 1. The quantitative estimate of drug-likeness (QED) is 0.372. The van der Waals surface area contributed by atoms with Crippen LogP contribution < -0.4 is 14.4 Å². The molecule has 3 heterocycles. The molecule has 0 unspecified atom stereocenters. The number of nitrogens with one attached hydrogen (secondary N) is 1. The molecule has 1 saturated heterocycles. The predicted octanol–water partition coefficient (Wildman–Crippen LogP) is 6.45. The Morgan fingerprint density at radius 2 is 2.00 bits per heavy atom. The molecule has 254 valence electrons. The largest absolute Gasteiger partial charge is 0.490 e. The number of rotatable bonds is 3. The van der Waals surface area contributed by atoms with Gasteiger partial charge in [0.15, 0.2) is 0 Å². The first-order valence-corrected chi connectivity index (χ1v) is 19.3. The van der Waals surface area contributed by atoms with Crippen LogP contribution >= 0.6 is 11.6 Å². The van der Waals surface area contributed by atoms with Crippen LogP contribution in [0, 0.1) is 17.8 Å². The van der Waals surface area contributed by atoms with Crippen molar-refractivity contribution in [1.29, 1.82) is 0 Å². The molecule has 47 heavy (non-hydrogen) atoms. The van der Waals surface area contributed by atoms with E-state index in [9.17, 15) is 13.2 Å². The van der Waals surface area contributed by atoms with Gasteiger partial charge in [-0.15, -0.1) is 0 Å². The van der Waals surface area contributed by atoms with Gasteiger partial charge in [-0.2, -0.15) is 0 Å². The highest BCUT2D eigenvalue weighted by atomic mass is 35.5. The number of carbonyl (C=O) groups excluding carboxylic acids is 1. The Balaban J connectivity index is 1.28. The van der Waals surface area contributed by atoms with Gasteiger partial charge < -0.3 is 19.1 Å². The topological polar surface area (TPSA) is 94.2 Å². The third-order valence-electron chi connectivity index (χ3n) is 11.5.